The number of anilines is 2. The van der Waals surface area contributed by atoms with Gasteiger partial charge in [0.05, 0.1) is 5.39 Å². The van der Waals surface area contributed by atoms with Crippen LogP contribution < -0.4 is 15.1 Å². The predicted molar refractivity (Wildman–Crippen MR) is 136 cm³/mol. The number of amides is 2. The van der Waals surface area contributed by atoms with Gasteiger partial charge in [0.25, 0.3) is 0 Å². The first-order valence-electron chi connectivity index (χ1n) is 12.1. The molecule has 0 unspecified atom stereocenters. The molecule has 0 saturated carbocycles. The Kier molecular flexibility index (Phi) is 6.50. The van der Waals surface area contributed by atoms with Crippen molar-refractivity contribution in [2.75, 3.05) is 29.4 Å². The minimum Gasteiger partial charge on any atom is -0.356 e. The first kappa shape index (κ1) is 22.8. The first-order chi connectivity index (χ1) is 16.5. The molecule has 0 atom stereocenters. The molecule has 0 spiro atoms. The Bertz CT molecular complexity index is 1220. The fourth-order valence-electron chi connectivity index (χ4n) is 5.00. The Balaban J connectivity index is 1.18. The van der Waals surface area contributed by atoms with Gasteiger partial charge in [0.2, 0.25) is 11.8 Å². The Morgan fingerprint density at radius 3 is 2.76 bits per heavy atom. The van der Waals surface area contributed by atoms with E-state index in [2.05, 4.69) is 34.0 Å². The van der Waals surface area contributed by atoms with Crippen LogP contribution >= 0.6 is 11.3 Å². The van der Waals surface area contributed by atoms with Gasteiger partial charge >= 0.3 is 0 Å². The summed E-state index contributed by atoms with van der Waals surface area (Å²) >= 11 is 1.71. The Morgan fingerprint density at radius 1 is 1.15 bits per heavy atom. The fourth-order valence-corrected chi connectivity index (χ4v) is 6.00. The third-order valence-electron chi connectivity index (χ3n) is 7.12. The summed E-state index contributed by atoms with van der Waals surface area (Å²) in [4.78, 5) is 40.7. The van der Waals surface area contributed by atoms with Gasteiger partial charge in [-0.05, 0) is 62.8 Å². The van der Waals surface area contributed by atoms with Gasteiger partial charge in [-0.15, -0.1) is 11.3 Å². The largest absolute Gasteiger partial charge is 0.356 e. The molecule has 0 aliphatic carbocycles. The van der Waals surface area contributed by atoms with Gasteiger partial charge in [0.15, 0.2) is 0 Å². The second-order valence-corrected chi connectivity index (χ2v) is 10.5. The highest BCUT2D eigenvalue weighted by molar-refractivity contribution is 7.18. The number of nitrogens with zero attached hydrogens (tertiary/aromatic N) is 4. The molecule has 1 aromatic carbocycles. The van der Waals surface area contributed by atoms with Crippen molar-refractivity contribution in [3.05, 3.63) is 46.6 Å². The fraction of sp³-hybridized carbons (Fsp3) is 0.462. The lowest BCUT2D eigenvalue weighted by molar-refractivity contribution is -0.125. The summed E-state index contributed by atoms with van der Waals surface area (Å²) in [5.74, 6) is 1.29. The Labute approximate surface area is 204 Å². The van der Waals surface area contributed by atoms with Crippen molar-refractivity contribution in [3.8, 4) is 0 Å². The summed E-state index contributed by atoms with van der Waals surface area (Å²) in [5.41, 5.74) is 3.21. The molecule has 8 heteroatoms. The lowest BCUT2D eigenvalue weighted by Crippen LogP contribution is -2.40. The van der Waals surface area contributed by atoms with E-state index in [9.17, 15) is 9.59 Å². The number of thiophene rings is 1. The topological polar surface area (TPSA) is 78.4 Å². The Hall–Kier alpha value is -3.00. The molecule has 7 nitrogen and oxygen atoms in total. The zero-order valence-corrected chi connectivity index (χ0v) is 20.7. The van der Waals surface area contributed by atoms with Gasteiger partial charge in [-0.3, -0.25) is 9.59 Å². The number of hydrogen-bond acceptors (Lipinski definition) is 6. The molecule has 0 radical (unpaired) electrons. The number of hydrogen-bond donors (Lipinski definition) is 1. The van der Waals surface area contributed by atoms with Crippen LogP contribution in [0.4, 0.5) is 11.5 Å². The number of carbonyl (C=O) groups excluding carboxylic acids is 2. The van der Waals surface area contributed by atoms with E-state index in [0.717, 1.165) is 72.6 Å². The lowest BCUT2D eigenvalue weighted by atomic mass is 9.95. The zero-order valence-electron chi connectivity index (χ0n) is 19.8. The normalized spacial score (nSPS) is 17.4. The molecular weight excluding hydrogens is 446 g/mol. The molecule has 1 N–H and O–H groups in total. The second-order valence-electron chi connectivity index (χ2n) is 9.31. The molecule has 2 saturated heterocycles. The van der Waals surface area contributed by atoms with Gasteiger partial charge in [0, 0.05) is 49.1 Å². The van der Waals surface area contributed by atoms with Crippen LogP contribution in [0.3, 0.4) is 0 Å². The standard InChI is InChI=1S/C26H31N5O2S/c1-17-18(2)34-26-23(17)24(28-16-29-26)30-12-9-20(10-13-30)25(33)27-15-19-6-5-7-21(14-19)31-11-4-3-8-22(31)32/h5-7,14,16,20H,3-4,8-13,15H2,1-2H3,(H,27,33). The molecular formula is C26H31N5O2S. The minimum atomic E-state index is 0.00532. The van der Waals surface area contributed by atoms with Crippen molar-refractivity contribution in [3.63, 3.8) is 0 Å². The number of benzene rings is 1. The molecule has 2 fully saturated rings. The van der Waals surface area contributed by atoms with E-state index in [0.29, 0.717) is 13.0 Å². The maximum Gasteiger partial charge on any atom is 0.226 e. The van der Waals surface area contributed by atoms with Crippen LogP contribution in [0.15, 0.2) is 30.6 Å². The van der Waals surface area contributed by atoms with Gasteiger partial charge in [-0.2, -0.15) is 0 Å². The quantitative estimate of drug-likeness (QED) is 0.591. The monoisotopic (exact) mass is 477 g/mol. The van der Waals surface area contributed by atoms with Gasteiger partial charge < -0.3 is 15.1 Å². The average molecular weight is 478 g/mol. The van der Waals surface area contributed by atoms with Crippen molar-refractivity contribution in [1.29, 1.82) is 0 Å². The van der Waals surface area contributed by atoms with Crippen LogP contribution in [0.5, 0.6) is 0 Å². The highest BCUT2D eigenvalue weighted by Gasteiger charge is 2.27. The third-order valence-corrected chi connectivity index (χ3v) is 8.24. The van der Waals surface area contributed by atoms with Crippen LogP contribution in [0.2, 0.25) is 0 Å². The average Bonchev–Trinajstić information content (AvgIpc) is 3.16. The predicted octanol–water partition coefficient (Wildman–Crippen LogP) is 4.36. The van der Waals surface area contributed by atoms with Gasteiger partial charge in [-0.25, -0.2) is 9.97 Å². The van der Waals surface area contributed by atoms with Crippen molar-refractivity contribution >= 4 is 44.9 Å². The number of piperidine rings is 2. The van der Waals surface area contributed by atoms with Crippen LogP contribution in [0.1, 0.15) is 48.1 Å². The highest BCUT2D eigenvalue weighted by Crippen LogP contribution is 2.35. The summed E-state index contributed by atoms with van der Waals surface area (Å²) in [7, 11) is 0. The van der Waals surface area contributed by atoms with Crippen LogP contribution in [-0.2, 0) is 16.1 Å². The molecule has 4 heterocycles. The van der Waals surface area contributed by atoms with E-state index in [1.54, 1.807) is 17.7 Å². The minimum absolute atomic E-state index is 0.00532. The van der Waals surface area contributed by atoms with Crippen molar-refractivity contribution in [1.82, 2.24) is 15.3 Å². The number of rotatable bonds is 5. The number of aromatic nitrogens is 2. The molecule has 0 bridgehead atoms. The molecule has 2 aliphatic heterocycles. The molecule has 5 rings (SSSR count). The van der Waals surface area contributed by atoms with Gasteiger partial charge in [-0.1, -0.05) is 12.1 Å². The summed E-state index contributed by atoms with van der Waals surface area (Å²) in [6, 6.07) is 7.98. The van der Waals surface area contributed by atoms with E-state index in [4.69, 9.17) is 0 Å². The van der Waals surface area contributed by atoms with Crippen molar-refractivity contribution in [2.45, 2.75) is 52.5 Å². The number of carbonyl (C=O) groups is 2. The van der Waals surface area contributed by atoms with E-state index in [1.807, 2.05) is 29.2 Å². The van der Waals surface area contributed by atoms with Crippen LogP contribution in [0, 0.1) is 19.8 Å². The third kappa shape index (κ3) is 4.51. The summed E-state index contributed by atoms with van der Waals surface area (Å²) in [6.07, 6.45) is 5.89. The smallest absolute Gasteiger partial charge is 0.226 e. The SMILES string of the molecule is Cc1sc2ncnc(N3CCC(C(=O)NCc4cccc(N5CCCCC5=O)c4)CC3)c2c1C. The van der Waals surface area contributed by atoms with Crippen molar-refractivity contribution in [2.24, 2.45) is 5.92 Å². The molecule has 2 aliphatic rings. The maximum atomic E-state index is 12.9. The zero-order chi connectivity index (χ0) is 23.7. The van der Waals surface area contributed by atoms with E-state index in [1.165, 1.54) is 10.4 Å². The molecule has 34 heavy (non-hydrogen) atoms. The number of aryl methyl sites for hydroxylation is 2. The van der Waals surface area contributed by atoms with Crippen LogP contribution in [0.25, 0.3) is 10.2 Å². The maximum absolute atomic E-state index is 12.9. The van der Waals surface area contributed by atoms with Crippen LogP contribution in [-0.4, -0.2) is 41.4 Å². The molecule has 2 amide bonds. The Morgan fingerprint density at radius 2 is 1.97 bits per heavy atom. The van der Waals surface area contributed by atoms with Gasteiger partial charge in [0.1, 0.15) is 17.0 Å². The highest BCUT2D eigenvalue weighted by atomic mass is 32.1. The van der Waals surface area contributed by atoms with E-state index in [-0.39, 0.29) is 17.7 Å². The number of fused-ring (bicyclic) bond motifs is 1. The van der Waals surface area contributed by atoms with E-state index >= 15 is 0 Å². The second kappa shape index (κ2) is 9.70. The molecule has 178 valence electrons. The summed E-state index contributed by atoms with van der Waals surface area (Å²) in [5, 5.41) is 4.27. The number of nitrogens with one attached hydrogen (secondary N) is 1. The summed E-state index contributed by atoms with van der Waals surface area (Å²) < 4.78 is 0. The summed E-state index contributed by atoms with van der Waals surface area (Å²) in [6.45, 7) is 7.14. The first-order valence-corrected chi connectivity index (χ1v) is 13.0. The lowest BCUT2D eigenvalue weighted by Gasteiger charge is -2.32. The van der Waals surface area contributed by atoms with Crippen molar-refractivity contribution < 1.29 is 9.59 Å². The molecule has 3 aromatic rings. The molecule has 2 aromatic heterocycles. The van der Waals surface area contributed by atoms with E-state index < -0.39 is 0 Å².